The zero-order valence-electron chi connectivity index (χ0n) is 13.8. The summed E-state index contributed by atoms with van der Waals surface area (Å²) in [4.78, 5) is 2.49. The van der Waals surface area contributed by atoms with Gasteiger partial charge in [-0.05, 0) is 70.0 Å². The Morgan fingerprint density at radius 1 is 1.19 bits per heavy atom. The van der Waals surface area contributed by atoms with Gasteiger partial charge in [0.1, 0.15) is 11.5 Å². The zero-order valence-corrected chi connectivity index (χ0v) is 13.8. The number of aryl methyl sites for hydroxylation is 1. The number of hydrogen-bond acceptors (Lipinski definition) is 3. The maximum absolute atomic E-state index is 6.07. The Hall–Kier alpha value is -0.800. The first-order chi connectivity index (χ1) is 10.1. The first-order valence-electron chi connectivity index (χ1n) is 8.63. The van der Waals surface area contributed by atoms with Crippen LogP contribution in [0.3, 0.4) is 0 Å². The molecule has 1 aromatic rings. The summed E-state index contributed by atoms with van der Waals surface area (Å²) in [7, 11) is 2.25. The van der Waals surface area contributed by atoms with Crippen molar-refractivity contribution in [2.45, 2.75) is 77.5 Å². The van der Waals surface area contributed by atoms with E-state index in [1.807, 2.05) is 0 Å². The van der Waals surface area contributed by atoms with Crippen LogP contribution < -0.4 is 5.32 Å². The van der Waals surface area contributed by atoms with Gasteiger partial charge in [0, 0.05) is 12.1 Å². The molecule has 0 unspecified atom stereocenters. The van der Waals surface area contributed by atoms with Crippen molar-refractivity contribution in [3.05, 3.63) is 23.2 Å². The van der Waals surface area contributed by atoms with Gasteiger partial charge in [0.15, 0.2) is 0 Å². The average Bonchev–Trinajstić information content (AvgIpc) is 3.22. The van der Waals surface area contributed by atoms with Gasteiger partial charge in [-0.2, -0.15) is 0 Å². The Kier molecular flexibility index (Phi) is 4.70. The van der Waals surface area contributed by atoms with Gasteiger partial charge in [-0.1, -0.05) is 6.92 Å². The second-order valence-corrected chi connectivity index (χ2v) is 7.30. The summed E-state index contributed by atoms with van der Waals surface area (Å²) in [5.41, 5.74) is 1.30. The molecule has 3 heteroatoms. The van der Waals surface area contributed by atoms with E-state index in [1.54, 1.807) is 0 Å². The molecular weight excluding hydrogens is 260 g/mol. The Morgan fingerprint density at radius 3 is 2.57 bits per heavy atom. The van der Waals surface area contributed by atoms with Crippen molar-refractivity contribution in [1.82, 2.24) is 10.2 Å². The molecule has 0 aromatic carbocycles. The smallest absolute Gasteiger partial charge is 0.120 e. The van der Waals surface area contributed by atoms with Gasteiger partial charge in [-0.3, -0.25) is 4.90 Å². The van der Waals surface area contributed by atoms with Crippen LogP contribution in [-0.2, 0) is 13.1 Å². The summed E-state index contributed by atoms with van der Waals surface area (Å²) in [5.74, 6) is 3.17. The molecule has 0 atom stereocenters. The molecule has 3 rings (SSSR count). The molecule has 0 bridgehead atoms. The second kappa shape index (κ2) is 6.53. The van der Waals surface area contributed by atoms with E-state index in [1.165, 1.54) is 44.1 Å². The van der Waals surface area contributed by atoms with Gasteiger partial charge in [-0.25, -0.2) is 0 Å². The Labute approximate surface area is 129 Å². The monoisotopic (exact) mass is 290 g/mol. The molecule has 0 spiro atoms. The quantitative estimate of drug-likeness (QED) is 0.862. The molecule has 1 N–H and O–H groups in total. The van der Waals surface area contributed by atoms with Gasteiger partial charge in [0.05, 0.1) is 13.1 Å². The van der Waals surface area contributed by atoms with Gasteiger partial charge in [0.2, 0.25) is 0 Å². The van der Waals surface area contributed by atoms with E-state index < -0.39 is 0 Å². The molecule has 2 aliphatic rings. The molecule has 0 radical (unpaired) electrons. The minimum absolute atomic E-state index is 0.736. The normalized spacial score (nSPS) is 26.5. The van der Waals surface area contributed by atoms with Crippen LogP contribution >= 0.6 is 0 Å². The van der Waals surface area contributed by atoms with E-state index in [4.69, 9.17) is 4.42 Å². The molecule has 118 valence electrons. The summed E-state index contributed by atoms with van der Waals surface area (Å²) in [6, 6.07) is 3.70. The number of nitrogens with zero attached hydrogens (tertiary/aromatic N) is 1. The molecule has 2 fully saturated rings. The third-order valence-corrected chi connectivity index (χ3v) is 5.21. The molecule has 0 saturated heterocycles. The van der Waals surface area contributed by atoms with Crippen LogP contribution in [0.5, 0.6) is 0 Å². The highest BCUT2D eigenvalue weighted by atomic mass is 16.3. The van der Waals surface area contributed by atoms with Crippen LogP contribution in [0.2, 0.25) is 0 Å². The van der Waals surface area contributed by atoms with Gasteiger partial charge in [0.25, 0.3) is 0 Å². The molecule has 3 nitrogen and oxygen atoms in total. The van der Waals surface area contributed by atoms with Gasteiger partial charge >= 0.3 is 0 Å². The molecule has 2 saturated carbocycles. The van der Waals surface area contributed by atoms with Crippen molar-refractivity contribution in [2.75, 3.05) is 7.05 Å². The number of rotatable bonds is 6. The van der Waals surface area contributed by atoms with Crippen molar-refractivity contribution in [3.63, 3.8) is 0 Å². The predicted octanol–water partition coefficient (Wildman–Crippen LogP) is 3.85. The molecule has 0 amide bonds. The zero-order chi connectivity index (χ0) is 14.8. The molecule has 2 aliphatic carbocycles. The van der Waals surface area contributed by atoms with Crippen LogP contribution in [-0.4, -0.2) is 24.0 Å². The number of hydrogen-bond donors (Lipinski definition) is 1. The average molecular weight is 290 g/mol. The van der Waals surface area contributed by atoms with E-state index in [2.05, 4.69) is 37.2 Å². The lowest BCUT2D eigenvalue weighted by molar-refractivity contribution is 0.154. The third-order valence-electron chi connectivity index (χ3n) is 5.21. The number of furan rings is 1. The molecular formula is C18H30N2O. The summed E-state index contributed by atoms with van der Waals surface area (Å²) >= 11 is 0. The first kappa shape index (κ1) is 15.1. The number of nitrogens with one attached hydrogen (secondary N) is 1. The van der Waals surface area contributed by atoms with Crippen molar-refractivity contribution in [3.8, 4) is 0 Å². The van der Waals surface area contributed by atoms with Crippen molar-refractivity contribution in [1.29, 1.82) is 0 Å². The van der Waals surface area contributed by atoms with E-state index in [0.29, 0.717) is 0 Å². The Morgan fingerprint density at radius 2 is 1.90 bits per heavy atom. The summed E-state index contributed by atoms with van der Waals surface area (Å²) < 4.78 is 6.07. The van der Waals surface area contributed by atoms with Gasteiger partial charge < -0.3 is 9.73 Å². The Balaban J connectivity index is 1.52. The molecule has 0 aliphatic heterocycles. The van der Waals surface area contributed by atoms with E-state index >= 15 is 0 Å². The highest BCUT2D eigenvalue weighted by Gasteiger charge is 2.23. The van der Waals surface area contributed by atoms with Crippen LogP contribution in [0.4, 0.5) is 0 Å². The Bertz CT molecular complexity index is 456. The van der Waals surface area contributed by atoms with Crippen molar-refractivity contribution < 1.29 is 4.42 Å². The van der Waals surface area contributed by atoms with Crippen molar-refractivity contribution >= 4 is 0 Å². The first-order valence-corrected chi connectivity index (χ1v) is 8.63. The van der Waals surface area contributed by atoms with Gasteiger partial charge in [-0.15, -0.1) is 0 Å². The maximum Gasteiger partial charge on any atom is 0.120 e. The van der Waals surface area contributed by atoms with Crippen molar-refractivity contribution in [2.24, 2.45) is 5.92 Å². The van der Waals surface area contributed by atoms with Crippen LogP contribution in [0.15, 0.2) is 10.5 Å². The summed E-state index contributed by atoms with van der Waals surface area (Å²) in [6.45, 7) is 6.38. The largest absolute Gasteiger partial charge is 0.463 e. The lowest BCUT2D eigenvalue weighted by Crippen LogP contribution is -2.34. The van der Waals surface area contributed by atoms with Crippen LogP contribution in [0, 0.1) is 12.8 Å². The van der Waals surface area contributed by atoms with Crippen LogP contribution in [0.25, 0.3) is 0 Å². The highest BCUT2D eigenvalue weighted by Crippen LogP contribution is 2.28. The molecule has 1 heterocycles. The molecule has 1 aromatic heterocycles. The lowest BCUT2D eigenvalue weighted by atomic mass is 9.87. The standard InChI is InChI=1S/C18H30N2O/c1-13-4-8-16(9-5-13)20(3)12-17-10-14(2)18(21-17)11-19-15-6-7-15/h10,13,15-16,19H,4-9,11-12H2,1-3H3. The highest BCUT2D eigenvalue weighted by molar-refractivity contribution is 5.20. The second-order valence-electron chi connectivity index (χ2n) is 7.30. The fraction of sp³-hybridized carbons (Fsp3) is 0.778. The predicted molar refractivity (Wildman–Crippen MR) is 86.2 cm³/mol. The third kappa shape index (κ3) is 4.10. The lowest BCUT2D eigenvalue weighted by Gasteiger charge is -2.33. The fourth-order valence-corrected chi connectivity index (χ4v) is 3.43. The fourth-order valence-electron chi connectivity index (χ4n) is 3.43. The van der Waals surface area contributed by atoms with E-state index in [9.17, 15) is 0 Å². The SMILES string of the molecule is Cc1cc(CN(C)C2CCC(C)CC2)oc1CNC1CC1. The van der Waals surface area contributed by atoms with Crippen LogP contribution in [0.1, 0.15) is 62.5 Å². The minimum atomic E-state index is 0.736. The topological polar surface area (TPSA) is 28.4 Å². The van der Waals surface area contributed by atoms with E-state index in [0.717, 1.165) is 42.6 Å². The summed E-state index contributed by atoms with van der Waals surface area (Å²) in [6.07, 6.45) is 8.09. The maximum atomic E-state index is 6.07. The molecule has 21 heavy (non-hydrogen) atoms. The summed E-state index contributed by atoms with van der Waals surface area (Å²) in [5, 5.41) is 3.54. The van der Waals surface area contributed by atoms with E-state index in [-0.39, 0.29) is 0 Å². The minimum Gasteiger partial charge on any atom is -0.463 e.